The number of hydrogen-bond acceptors (Lipinski definition) is 2. The summed E-state index contributed by atoms with van der Waals surface area (Å²) in [6.07, 6.45) is -15.2. The second-order valence-electron chi connectivity index (χ2n) is 5.89. The smallest absolute Gasteiger partial charge is 0.429 e. The number of ether oxygens (including phenoxy) is 2. The standard InChI is InChI=1S/C18H13F9O2/c1-2-3-10-8-13(19)15(14(20)9-10)16(21,22)28-11-4-6-12(7-5-11)29-18(26,27)17(23,24)25/h4-9H,2-3H2,1H3. The SMILES string of the molecule is CCCc1cc(F)c(C(F)(F)Oc2ccc(OC(F)(F)C(F)(F)F)cc2)c(F)c1. The first-order valence-electron chi connectivity index (χ1n) is 8.05. The molecule has 29 heavy (non-hydrogen) atoms. The average molecular weight is 432 g/mol. The Morgan fingerprint density at radius 3 is 1.62 bits per heavy atom. The highest BCUT2D eigenvalue weighted by Gasteiger charge is 2.61. The first-order chi connectivity index (χ1) is 13.3. The summed E-state index contributed by atoms with van der Waals surface area (Å²) in [6, 6.07) is 3.63. The van der Waals surface area contributed by atoms with Crippen molar-refractivity contribution in [2.45, 2.75) is 38.2 Å². The van der Waals surface area contributed by atoms with Crippen molar-refractivity contribution in [1.82, 2.24) is 0 Å². The normalized spacial score (nSPS) is 12.8. The van der Waals surface area contributed by atoms with Crippen LogP contribution in [0.3, 0.4) is 0 Å². The molecule has 0 aliphatic heterocycles. The van der Waals surface area contributed by atoms with Crippen molar-refractivity contribution in [2.24, 2.45) is 0 Å². The lowest BCUT2D eigenvalue weighted by Gasteiger charge is -2.21. The third-order valence-electron chi connectivity index (χ3n) is 3.58. The molecule has 0 aliphatic carbocycles. The van der Waals surface area contributed by atoms with E-state index in [9.17, 15) is 39.5 Å². The molecule has 0 unspecified atom stereocenters. The number of alkyl halides is 7. The van der Waals surface area contributed by atoms with Gasteiger partial charge in [-0.3, -0.25) is 0 Å². The molecule has 0 amide bonds. The van der Waals surface area contributed by atoms with Gasteiger partial charge < -0.3 is 9.47 Å². The minimum Gasteiger partial charge on any atom is -0.429 e. The topological polar surface area (TPSA) is 18.5 Å². The Bertz CT molecular complexity index is 822. The number of hydrogen-bond donors (Lipinski definition) is 0. The quantitative estimate of drug-likeness (QED) is 0.460. The van der Waals surface area contributed by atoms with Crippen LogP contribution in [0, 0.1) is 11.6 Å². The molecule has 160 valence electrons. The van der Waals surface area contributed by atoms with Gasteiger partial charge in [-0.2, -0.15) is 30.7 Å². The van der Waals surface area contributed by atoms with E-state index in [1.807, 2.05) is 0 Å². The summed E-state index contributed by atoms with van der Waals surface area (Å²) in [5.74, 6) is -4.86. The Hall–Kier alpha value is -2.59. The Labute approximate surface area is 158 Å². The average Bonchev–Trinajstić information content (AvgIpc) is 2.54. The summed E-state index contributed by atoms with van der Waals surface area (Å²) in [5, 5.41) is 0. The summed E-state index contributed by atoms with van der Waals surface area (Å²) in [7, 11) is 0. The van der Waals surface area contributed by atoms with E-state index in [0.717, 1.165) is 12.1 Å². The molecule has 0 N–H and O–H groups in total. The summed E-state index contributed by atoms with van der Waals surface area (Å²) in [6.45, 7) is 1.72. The molecule has 0 atom stereocenters. The molecule has 0 aromatic heterocycles. The molecule has 2 aromatic rings. The molecule has 0 saturated carbocycles. The zero-order valence-corrected chi connectivity index (χ0v) is 14.6. The van der Waals surface area contributed by atoms with E-state index >= 15 is 0 Å². The molecule has 11 heteroatoms. The van der Waals surface area contributed by atoms with Crippen LogP contribution in [0.1, 0.15) is 24.5 Å². The Balaban J connectivity index is 2.21. The van der Waals surface area contributed by atoms with Crippen molar-refractivity contribution in [3.63, 3.8) is 0 Å². The highest BCUT2D eigenvalue weighted by Crippen LogP contribution is 2.39. The maximum atomic E-state index is 14.2. The first-order valence-corrected chi connectivity index (χ1v) is 8.05. The summed E-state index contributed by atoms with van der Waals surface area (Å²) in [4.78, 5) is 0. The maximum Gasteiger partial charge on any atom is 0.499 e. The second-order valence-corrected chi connectivity index (χ2v) is 5.89. The zero-order valence-electron chi connectivity index (χ0n) is 14.6. The van der Waals surface area contributed by atoms with E-state index in [-0.39, 0.29) is 12.0 Å². The van der Waals surface area contributed by atoms with Crippen LogP contribution in [-0.2, 0) is 12.5 Å². The molecule has 2 nitrogen and oxygen atoms in total. The van der Waals surface area contributed by atoms with E-state index in [1.54, 1.807) is 6.92 Å². The van der Waals surface area contributed by atoms with Crippen LogP contribution in [0.15, 0.2) is 36.4 Å². The molecule has 0 aliphatic rings. The largest absolute Gasteiger partial charge is 0.499 e. The van der Waals surface area contributed by atoms with Crippen LogP contribution < -0.4 is 9.47 Å². The van der Waals surface area contributed by atoms with E-state index in [0.29, 0.717) is 30.7 Å². The summed E-state index contributed by atoms with van der Waals surface area (Å²) >= 11 is 0. The van der Waals surface area contributed by atoms with Gasteiger partial charge in [-0.05, 0) is 48.4 Å². The first kappa shape index (κ1) is 22.7. The highest BCUT2D eigenvalue weighted by atomic mass is 19.4. The number of benzene rings is 2. The second kappa shape index (κ2) is 8.03. The predicted molar refractivity (Wildman–Crippen MR) is 82.9 cm³/mol. The Kier molecular flexibility index (Phi) is 6.29. The molecular weight excluding hydrogens is 419 g/mol. The van der Waals surface area contributed by atoms with Gasteiger partial charge in [0, 0.05) is 0 Å². The lowest BCUT2D eigenvalue weighted by molar-refractivity contribution is -0.360. The van der Waals surface area contributed by atoms with E-state index in [1.165, 1.54) is 0 Å². The molecule has 2 aromatic carbocycles. The molecule has 0 saturated heterocycles. The van der Waals surface area contributed by atoms with Gasteiger partial charge in [0.2, 0.25) is 0 Å². The number of aryl methyl sites for hydroxylation is 1. The van der Waals surface area contributed by atoms with Crippen LogP contribution in [0.2, 0.25) is 0 Å². The molecule has 0 spiro atoms. The molecule has 2 rings (SSSR count). The molecule has 0 radical (unpaired) electrons. The fourth-order valence-corrected chi connectivity index (χ4v) is 2.32. The minimum absolute atomic E-state index is 0.161. The van der Waals surface area contributed by atoms with Gasteiger partial charge >= 0.3 is 18.4 Å². The van der Waals surface area contributed by atoms with Gasteiger partial charge in [-0.1, -0.05) is 13.3 Å². The molecule has 0 bridgehead atoms. The van der Waals surface area contributed by atoms with E-state index in [4.69, 9.17) is 0 Å². The minimum atomic E-state index is -5.99. The van der Waals surface area contributed by atoms with E-state index < -0.39 is 47.1 Å². The Morgan fingerprint density at radius 2 is 1.21 bits per heavy atom. The van der Waals surface area contributed by atoms with Gasteiger partial charge in [-0.25, -0.2) is 8.78 Å². The van der Waals surface area contributed by atoms with Crippen LogP contribution in [0.5, 0.6) is 11.5 Å². The molecule has 0 heterocycles. The van der Waals surface area contributed by atoms with Crippen molar-refractivity contribution in [3.8, 4) is 11.5 Å². The monoisotopic (exact) mass is 432 g/mol. The number of halogens is 9. The van der Waals surface area contributed by atoms with Crippen molar-refractivity contribution < 1.29 is 49.0 Å². The maximum absolute atomic E-state index is 14.2. The van der Waals surface area contributed by atoms with Crippen LogP contribution in [0.25, 0.3) is 0 Å². The fraction of sp³-hybridized carbons (Fsp3) is 0.333. The molecule has 0 fully saturated rings. The van der Waals surface area contributed by atoms with E-state index in [2.05, 4.69) is 9.47 Å². The molecular formula is C18H13F9O2. The fourth-order valence-electron chi connectivity index (χ4n) is 2.32. The third kappa shape index (κ3) is 5.27. The zero-order chi connectivity index (χ0) is 22.0. The lowest BCUT2D eigenvalue weighted by Crippen LogP contribution is -2.41. The van der Waals surface area contributed by atoms with Gasteiger partial charge in [0.05, 0.1) is 0 Å². The van der Waals surface area contributed by atoms with Crippen molar-refractivity contribution >= 4 is 0 Å². The highest BCUT2D eigenvalue weighted by molar-refractivity contribution is 5.34. The lowest BCUT2D eigenvalue weighted by atomic mass is 10.1. The van der Waals surface area contributed by atoms with Gasteiger partial charge in [0.1, 0.15) is 28.7 Å². The van der Waals surface area contributed by atoms with Crippen LogP contribution in [-0.4, -0.2) is 12.3 Å². The summed E-state index contributed by atoms with van der Waals surface area (Å²) in [5.41, 5.74) is -1.50. The van der Waals surface area contributed by atoms with Crippen molar-refractivity contribution in [1.29, 1.82) is 0 Å². The van der Waals surface area contributed by atoms with Crippen molar-refractivity contribution in [2.75, 3.05) is 0 Å². The third-order valence-corrected chi connectivity index (χ3v) is 3.58. The van der Waals surface area contributed by atoms with Crippen LogP contribution >= 0.6 is 0 Å². The predicted octanol–water partition coefficient (Wildman–Crippen LogP) is 6.58. The van der Waals surface area contributed by atoms with Crippen LogP contribution in [0.4, 0.5) is 39.5 Å². The van der Waals surface area contributed by atoms with Gasteiger partial charge in [0.15, 0.2) is 0 Å². The summed E-state index contributed by atoms with van der Waals surface area (Å²) < 4.78 is 126. The number of rotatable bonds is 7. The van der Waals surface area contributed by atoms with Gasteiger partial charge in [0.25, 0.3) is 0 Å². The van der Waals surface area contributed by atoms with Gasteiger partial charge in [-0.15, -0.1) is 0 Å². The Morgan fingerprint density at radius 1 is 0.759 bits per heavy atom. The van der Waals surface area contributed by atoms with Crippen molar-refractivity contribution in [3.05, 3.63) is 59.2 Å².